The number of carbonyl (C=O) groups excluding carboxylic acids is 1. The molecule has 3 aromatic rings. The van der Waals surface area contributed by atoms with E-state index in [1.807, 2.05) is 31.1 Å². The number of carbonyl (C=O) groups is 1. The van der Waals surface area contributed by atoms with Gasteiger partial charge in [0, 0.05) is 0 Å². The van der Waals surface area contributed by atoms with Crippen molar-refractivity contribution in [3.63, 3.8) is 0 Å². The first-order valence-corrected chi connectivity index (χ1v) is 8.49. The lowest BCUT2D eigenvalue weighted by Gasteiger charge is -2.23. The standard InChI is InChI=1S/C19H19FN4O3/c1-24(2)18(11-3-6-15-16(7-11)27-10-26-15)19(25)21-9-17-22-13-5-4-12(20)8-14(13)23-17/h3-8,18H,9-10H2,1-2H3,(H,21,25)(H,22,23)/t18-/m1/s1. The molecule has 2 aromatic carbocycles. The number of likely N-dealkylation sites (N-methyl/N-ethyl adjacent to an activating group) is 1. The molecule has 8 heteroatoms. The second kappa shape index (κ2) is 6.88. The molecule has 0 radical (unpaired) electrons. The van der Waals surface area contributed by atoms with Gasteiger partial charge in [0.2, 0.25) is 12.7 Å². The predicted molar refractivity (Wildman–Crippen MR) is 96.9 cm³/mol. The highest BCUT2D eigenvalue weighted by atomic mass is 19.1. The van der Waals surface area contributed by atoms with Gasteiger partial charge in [0.25, 0.3) is 0 Å². The summed E-state index contributed by atoms with van der Waals surface area (Å²) < 4.78 is 24.0. The number of nitrogens with one attached hydrogen (secondary N) is 2. The lowest BCUT2D eigenvalue weighted by Crippen LogP contribution is -2.36. The first-order valence-electron chi connectivity index (χ1n) is 8.49. The van der Waals surface area contributed by atoms with Gasteiger partial charge in [-0.05, 0) is 50.0 Å². The van der Waals surface area contributed by atoms with Gasteiger partial charge < -0.3 is 19.8 Å². The van der Waals surface area contributed by atoms with Gasteiger partial charge >= 0.3 is 0 Å². The van der Waals surface area contributed by atoms with E-state index < -0.39 is 6.04 Å². The van der Waals surface area contributed by atoms with Crippen molar-refractivity contribution < 1.29 is 18.7 Å². The molecular formula is C19H19FN4O3. The monoisotopic (exact) mass is 370 g/mol. The summed E-state index contributed by atoms with van der Waals surface area (Å²) in [7, 11) is 3.66. The number of halogens is 1. The highest BCUT2D eigenvalue weighted by Gasteiger charge is 2.25. The van der Waals surface area contributed by atoms with Crippen molar-refractivity contribution in [2.24, 2.45) is 0 Å². The number of hydrogen-bond donors (Lipinski definition) is 2. The third-order valence-corrected chi connectivity index (χ3v) is 4.40. The largest absolute Gasteiger partial charge is 0.454 e. The summed E-state index contributed by atoms with van der Waals surface area (Å²) in [6.45, 7) is 0.397. The number of amides is 1. The van der Waals surface area contributed by atoms with Crippen LogP contribution in [0.15, 0.2) is 36.4 Å². The Labute approximate surface area is 155 Å². The maximum atomic E-state index is 13.3. The second-order valence-electron chi connectivity index (χ2n) is 6.54. The van der Waals surface area contributed by atoms with Crippen LogP contribution in [0.5, 0.6) is 11.5 Å². The van der Waals surface area contributed by atoms with Crippen molar-refractivity contribution in [2.75, 3.05) is 20.9 Å². The first-order chi connectivity index (χ1) is 13.0. The Balaban J connectivity index is 1.50. The smallest absolute Gasteiger partial charge is 0.242 e. The van der Waals surface area contributed by atoms with E-state index in [2.05, 4.69) is 15.3 Å². The summed E-state index contributed by atoms with van der Waals surface area (Å²) in [5.41, 5.74) is 2.05. The summed E-state index contributed by atoms with van der Waals surface area (Å²) in [5.74, 6) is 1.35. The lowest BCUT2D eigenvalue weighted by molar-refractivity contribution is -0.126. The molecule has 1 aliphatic heterocycles. The first kappa shape index (κ1) is 17.3. The Morgan fingerprint density at radius 3 is 2.89 bits per heavy atom. The Bertz CT molecular complexity index is 1000. The SMILES string of the molecule is CN(C)[C@@H](C(=O)NCc1nc2ccc(F)cc2[nH]1)c1ccc2c(c1)OCO2. The van der Waals surface area contributed by atoms with Gasteiger partial charge in [-0.2, -0.15) is 0 Å². The fraction of sp³-hybridized carbons (Fsp3) is 0.263. The van der Waals surface area contributed by atoms with Crippen molar-refractivity contribution in [1.29, 1.82) is 0 Å². The highest BCUT2D eigenvalue weighted by Crippen LogP contribution is 2.35. The van der Waals surface area contributed by atoms with Gasteiger partial charge in [0.15, 0.2) is 11.5 Å². The number of rotatable bonds is 5. The predicted octanol–water partition coefficient (Wildman–Crippen LogP) is 2.35. The molecule has 27 heavy (non-hydrogen) atoms. The molecule has 1 aliphatic rings. The number of imidazole rings is 1. The Kier molecular flexibility index (Phi) is 4.41. The van der Waals surface area contributed by atoms with Crippen molar-refractivity contribution in [3.8, 4) is 11.5 Å². The van der Waals surface area contributed by atoms with Gasteiger partial charge in [-0.1, -0.05) is 6.07 Å². The minimum Gasteiger partial charge on any atom is -0.454 e. The van der Waals surface area contributed by atoms with Crippen LogP contribution in [0, 0.1) is 5.82 Å². The molecule has 2 heterocycles. The van der Waals surface area contributed by atoms with Crippen molar-refractivity contribution in [1.82, 2.24) is 20.2 Å². The molecule has 0 bridgehead atoms. The van der Waals surface area contributed by atoms with Crippen LogP contribution in [-0.4, -0.2) is 41.7 Å². The van der Waals surface area contributed by atoms with Gasteiger partial charge in [0.05, 0.1) is 17.6 Å². The molecule has 0 unspecified atom stereocenters. The van der Waals surface area contributed by atoms with Crippen LogP contribution in [0.2, 0.25) is 0 Å². The highest BCUT2D eigenvalue weighted by molar-refractivity contribution is 5.83. The molecule has 7 nitrogen and oxygen atoms in total. The average molecular weight is 370 g/mol. The molecule has 1 aromatic heterocycles. The van der Waals surface area contributed by atoms with E-state index in [9.17, 15) is 9.18 Å². The second-order valence-corrected chi connectivity index (χ2v) is 6.54. The van der Waals surface area contributed by atoms with Crippen LogP contribution in [0.25, 0.3) is 11.0 Å². The quantitative estimate of drug-likeness (QED) is 0.721. The molecular weight excluding hydrogens is 351 g/mol. The minimum absolute atomic E-state index is 0.175. The van der Waals surface area contributed by atoms with E-state index in [0.717, 1.165) is 5.56 Å². The number of aromatic nitrogens is 2. The third kappa shape index (κ3) is 3.43. The third-order valence-electron chi connectivity index (χ3n) is 4.40. The zero-order valence-electron chi connectivity index (χ0n) is 15.0. The fourth-order valence-electron chi connectivity index (χ4n) is 3.15. The van der Waals surface area contributed by atoms with Crippen LogP contribution in [0.1, 0.15) is 17.4 Å². The van der Waals surface area contributed by atoms with Crippen LogP contribution < -0.4 is 14.8 Å². The number of H-pyrrole nitrogens is 1. The molecule has 0 fully saturated rings. The van der Waals surface area contributed by atoms with Crippen molar-refractivity contribution in [3.05, 3.63) is 53.6 Å². The van der Waals surface area contributed by atoms with Gasteiger partial charge in [-0.25, -0.2) is 9.37 Å². The fourth-order valence-corrected chi connectivity index (χ4v) is 3.15. The Hall–Kier alpha value is -3.13. The normalized spacial score (nSPS) is 13.9. The maximum absolute atomic E-state index is 13.3. The molecule has 0 aliphatic carbocycles. The number of benzene rings is 2. The summed E-state index contributed by atoms with van der Waals surface area (Å²) in [6, 6.07) is 9.30. The summed E-state index contributed by atoms with van der Waals surface area (Å²) in [5, 5.41) is 2.88. The summed E-state index contributed by atoms with van der Waals surface area (Å²) in [6.07, 6.45) is 0. The van der Waals surface area contributed by atoms with E-state index >= 15 is 0 Å². The number of aromatic amines is 1. The zero-order chi connectivity index (χ0) is 19.0. The van der Waals surface area contributed by atoms with E-state index in [1.165, 1.54) is 12.1 Å². The Morgan fingerprint density at radius 1 is 1.26 bits per heavy atom. The molecule has 0 saturated heterocycles. The van der Waals surface area contributed by atoms with E-state index in [4.69, 9.17) is 9.47 Å². The zero-order valence-corrected chi connectivity index (χ0v) is 15.0. The van der Waals surface area contributed by atoms with Crippen LogP contribution in [0.3, 0.4) is 0 Å². The van der Waals surface area contributed by atoms with E-state index in [-0.39, 0.29) is 25.1 Å². The average Bonchev–Trinajstić information content (AvgIpc) is 3.25. The molecule has 140 valence electrons. The lowest BCUT2D eigenvalue weighted by atomic mass is 10.0. The van der Waals surface area contributed by atoms with E-state index in [0.29, 0.717) is 28.4 Å². The van der Waals surface area contributed by atoms with Crippen LogP contribution >= 0.6 is 0 Å². The van der Waals surface area contributed by atoms with Crippen LogP contribution in [0.4, 0.5) is 4.39 Å². The summed E-state index contributed by atoms with van der Waals surface area (Å²) in [4.78, 5) is 22.0. The molecule has 0 spiro atoms. The number of ether oxygens (including phenoxy) is 2. The molecule has 0 saturated carbocycles. The van der Waals surface area contributed by atoms with Crippen molar-refractivity contribution >= 4 is 16.9 Å². The van der Waals surface area contributed by atoms with Crippen LogP contribution in [-0.2, 0) is 11.3 Å². The molecule has 1 amide bonds. The molecule has 2 N–H and O–H groups in total. The number of nitrogens with zero attached hydrogens (tertiary/aromatic N) is 2. The summed E-state index contributed by atoms with van der Waals surface area (Å²) >= 11 is 0. The van der Waals surface area contributed by atoms with E-state index in [1.54, 1.807) is 12.1 Å². The van der Waals surface area contributed by atoms with Crippen molar-refractivity contribution in [2.45, 2.75) is 12.6 Å². The molecule has 1 atom stereocenters. The van der Waals surface area contributed by atoms with Gasteiger partial charge in [-0.15, -0.1) is 0 Å². The van der Waals surface area contributed by atoms with Gasteiger partial charge in [0.1, 0.15) is 17.7 Å². The van der Waals surface area contributed by atoms with Gasteiger partial charge in [-0.3, -0.25) is 9.69 Å². The maximum Gasteiger partial charge on any atom is 0.242 e. The topological polar surface area (TPSA) is 79.5 Å². The molecule has 4 rings (SSSR count). The minimum atomic E-state index is -0.499. The number of hydrogen-bond acceptors (Lipinski definition) is 5. The Morgan fingerprint density at radius 2 is 2.07 bits per heavy atom. The number of fused-ring (bicyclic) bond motifs is 2.